The molecule has 3 nitrogen and oxygen atoms in total. The summed E-state index contributed by atoms with van der Waals surface area (Å²) in [7, 11) is 0. The summed E-state index contributed by atoms with van der Waals surface area (Å²) in [5.41, 5.74) is 13.8. The molecule has 0 bridgehead atoms. The molecule has 1 aromatic heterocycles. The lowest BCUT2D eigenvalue weighted by Crippen LogP contribution is -1.97. The van der Waals surface area contributed by atoms with Crippen LogP contribution in [-0.2, 0) is 12.8 Å². The lowest BCUT2D eigenvalue weighted by Gasteiger charge is -2.03. The third-order valence-electron chi connectivity index (χ3n) is 2.39. The van der Waals surface area contributed by atoms with Crippen molar-refractivity contribution in [1.29, 1.82) is 0 Å². The van der Waals surface area contributed by atoms with Crippen molar-refractivity contribution < 1.29 is 4.42 Å². The van der Waals surface area contributed by atoms with Crippen molar-refractivity contribution >= 4 is 11.4 Å². The summed E-state index contributed by atoms with van der Waals surface area (Å²) >= 11 is 0. The second kappa shape index (κ2) is 4.09. The first kappa shape index (κ1) is 9.65. The highest BCUT2D eigenvalue weighted by atomic mass is 16.3. The third kappa shape index (κ3) is 2.31. The first-order valence-electron chi connectivity index (χ1n) is 4.92. The Morgan fingerprint density at radius 2 is 1.87 bits per heavy atom. The van der Waals surface area contributed by atoms with E-state index < -0.39 is 0 Å². The number of rotatable bonds is 3. The van der Waals surface area contributed by atoms with Crippen LogP contribution in [0.3, 0.4) is 0 Å². The molecule has 2 rings (SSSR count). The number of anilines is 2. The van der Waals surface area contributed by atoms with Crippen molar-refractivity contribution in [2.45, 2.75) is 12.8 Å². The van der Waals surface area contributed by atoms with Gasteiger partial charge in [0, 0.05) is 6.42 Å². The highest BCUT2D eigenvalue weighted by Crippen LogP contribution is 2.17. The van der Waals surface area contributed by atoms with Gasteiger partial charge < -0.3 is 15.9 Å². The van der Waals surface area contributed by atoms with Gasteiger partial charge in [-0.05, 0) is 36.2 Å². The smallest absolute Gasteiger partial charge is 0.104 e. The highest BCUT2D eigenvalue weighted by Gasteiger charge is 2.00. The molecular weight excluding hydrogens is 188 g/mol. The Morgan fingerprint density at radius 1 is 1.00 bits per heavy atom. The molecule has 0 fully saturated rings. The molecule has 0 saturated heterocycles. The fourth-order valence-corrected chi connectivity index (χ4v) is 1.50. The first-order chi connectivity index (χ1) is 7.25. The predicted molar refractivity (Wildman–Crippen MR) is 61.4 cm³/mol. The van der Waals surface area contributed by atoms with E-state index >= 15 is 0 Å². The van der Waals surface area contributed by atoms with Gasteiger partial charge in [0.15, 0.2) is 0 Å². The zero-order chi connectivity index (χ0) is 10.7. The Morgan fingerprint density at radius 3 is 2.53 bits per heavy atom. The maximum absolute atomic E-state index is 5.72. The quantitative estimate of drug-likeness (QED) is 0.750. The fraction of sp³-hybridized carbons (Fsp3) is 0.167. The molecule has 0 saturated carbocycles. The summed E-state index contributed by atoms with van der Waals surface area (Å²) in [5, 5.41) is 0. The lowest BCUT2D eigenvalue weighted by molar-refractivity contribution is 0.508. The van der Waals surface area contributed by atoms with Gasteiger partial charge in [-0.15, -0.1) is 0 Å². The number of nitrogen functional groups attached to an aromatic ring is 2. The zero-order valence-electron chi connectivity index (χ0n) is 8.44. The monoisotopic (exact) mass is 202 g/mol. The van der Waals surface area contributed by atoms with E-state index in [9.17, 15) is 0 Å². The van der Waals surface area contributed by atoms with Gasteiger partial charge in [-0.25, -0.2) is 0 Å². The van der Waals surface area contributed by atoms with Crippen LogP contribution in [0.1, 0.15) is 11.3 Å². The van der Waals surface area contributed by atoms with Gasteiger partial charge in [-0.3, -0.25) is 0 Å². The molecule has 15 heavy (non-hydrogen) atoms. The van der Waals surface area contributed by atoms with Gasteiger partial charge in [0.1, 0.15) is 5.76 Å². The predicted octanol–water partition coefficient (Wildman–Crippen LogP) is 2.23. The largest absolute Gasteiger partial charge is 0.469 e. The van der Waals surface area contributed by atoms with Crippen molar-refractivity contribution in [2.24, 2.45) is 0 Å². The fourth-order valence-electron chi connectivity index (χ4n) is 1.50. The summed E-state index contributed by atoms with van der Waals surface area (Å²) < 4.78 is 5.25. The number of nitrogens with two attached hydrogens (primary N) is 2. The SMILES string of the molecule is Nc1ccc(CCc2ccco2)cc1N. The van der Waals surface area contributed by atoms with E-state index in [0.717, 1.165) is 18.6 Å². The summed E-state index contributed by atoms with van der Waals surface area (Å²) in [6.07, 6.45) is 3.49. The molecule has 0 aliphatic carbocycles. The molecule has 78 valence electrons. The average molecular weight is 202 g/mol. The van der Waals surface area contributed by atoms with Crippen LogP contribution >= 0.6 is 0 Å². The summed E-state index contributed by atoms with van der Waals surface area (Å²) in [4.78, 5) is 0. The molecule has 3 heteroatoms. The average Bonchev–Trinajstić information content (AvgIpc) is 2.73. The van der Waals surface area contributed by atoms with E-state index in [1.165, 1.54) is 5.56 Å². The van der Waals surface area contributed by atoms with Gasteiger partial charge in [0.05, 0.1) is 17.6 Å². The first-order valence-corrected chi connectivity index (χ1v) is 4.92. The van der Waals surface area contributed by atoms with Gasteiger partial charge in [0.25, 0.3) is 0 Å². The second-order valence-corrected chi connectivity index (χ2v) is 3.54. The standard InChI is InChI=1S/C12H14N2O/c13-11-6-4-9(8-12(11)14)3-5-10-2-1-7-15-10/h1-2,4,6-8H,3,5,13-14H2. The van der Waals surface area contributed by atoms with Crippen molar-refractivity contribution in [2.75, 3.05) is 11.5 Å². The molecule has 4 N–H and O–H groups in total. The summed E-state index contributed by atoms with van der Waals surface area (Å²) in [5.74, 6) is 0.991. The van der Waals surface area contributed by atoms with Crippen LogP contribution < -0.4 is 11.5 Å². The normalized spacial score (nSPS) is 10.4. The van der Waals surface area contributed by atoms with Crippen LogP contribution in [0.15, 0.2) is 41.0 Å². The van der Waals surface area contributed by atoms with Crippen molar-refractivity contribution in [1.82, 2.24) is 0 Å². The van der Waals surface area contributed by atoms with Crippen LogP contribution in [0.25, 0.3) is 0 Å². The minimum absolute atomic E-state index is 0.636. The van der Waals surface area contributed by atoms with E-state index in [-0.39, 0.29) is 0 Å². The third-order valence-corrected chi connectivity index (χ3v) is 2.39. The van der Waals surface area contributed by atoms with Gasteiger partial charge in [0.2, 0.25) is 0 Å². The van der Waals surface area contributed by atoms with Gasteiger partial charge in [-0.2, -0.15) is 0 Å². The van der Waals surface area contributed by atoms with Crippen LogP contribution in [-0.4, -0.2) is 0 Å². The Hall–Kier alpha value is -1.90. The number of furan rings is 1. The van der Waals surface area contributed by atoms with Crippen molar-refractivity contribution in [3.8, 4) is 0 Å². The van der Waals surface area contributed by atoms with E-state index in [0.29, 0.717) is 11.4 Å². The van der Waals surface area contributed by atoms with E-state index in [1.54, 1.807) is 6.26 Å². The van der Waals surface area contributed by atoms with Crippen molar-refractivity contribution in [3.05, 3.63) is 47.9 Å². The summed E-state index contributed by atoms with van der Waals surface area (Å²) in [6.45, 7) is 0. The minimum atomic E-state index is 0.636. The van der Waals surface area contributed by atoms with E-state index in [1.807, 2.05) is 30.3 Å². The molecule has 0 aliphatic rings. The molecule has 2 aromatic rings. The Bertz CT molecular complexity index is 435. The topological polar surface area (TPSA) is 65.2 Å². The molecule has 0 spiro atoms. The number of aryl methyl sites for hydroxylation is 2. The Balaban J connectivity index is 2.02. The molecule has 1 aromatic carbocycles. The molecule has 0 amide bonds. The van der Waals surface area contributed by atoms with Crippen LogP contribution in [0.5, 0.6) is 0 Å². The Labute approximate surface area is 88.7 Å². The second-order valence-electron chi connectivity index (χ2n) is 3.54. The van der Waals surface area contributed by atoms with Crippen LogP contribution in [0.2, 0.25) is 0 Å². The summed E-state index contributed by atoms with van der Waals surface area (Å²) in [6, 6.07) is 9.62. The molecule has 0 aliphatic heterocycles. The number of hydrogen-bond acceptors (Lipinski definition) is 3. The number of hydrogen-bond donors (Lipinski definition) is 2. The minimum Gasteiger partial charge on any atom is -0.469 e. The van der Waals surface area contributed by atoms with Gasteiger partial charge in [-0.1, -0.05) is 6.07 Å². The van der Waals surface area contributed by atoms with E-state index in [4.69, 9.17) is 15.9 Å². The Kier molecular flexibility index (Phi) is 2.63. The van der Waals surface area contributed by atoms with E-state index in [2.05, 4.69) is 0 Å². The maximum atomic E-state index is 5.72. The molecule has 0 atom stereocenters. The lowest BCUT2D eigenvalue weighted by atomic mass is 10.1. The highest BCUT2D eigenvalue weighted by molar-refractivity contribution is 5.63. The van der Waals surface area contributed by atoms with Crippen molar-refractivity contribution in [3.63, 3.8) is 0 Å². The zero-order valence-corrected chi connectivity index (χ0v) is 8.44. The van der Waals surface area contributed by atoms with Crippen LogP contribution in [0.4, 0.5) is 11.4 Å². The number of benzene rings is 1. The molecule has 1 heterocycles. The molecule has 0 unspecified atom stereocenters. The molecule has 0 radical (unpaired) electrons. The maximum Gasteiger partial charge on any atom is 0.104 e. The van der Waals surface area contributed by atoms with Gasteiger partial charge >= 0.3 is 0 Å². The molecular formula is C12H14N2O. The van der Waals surface area contributed by atoms with Crippen LogP contribution in [0, 0.1) is 0 Å².